The second-order valence-electron chi connectivity index (χ2n) is 5.05. The molecule has 2 rings (SSSR count). The Morgan fingerprint density at radius 2 is 2.13 bits per heavy atom. The van der Waals surface area contributed by atoms with Crippen molar-refractivity contribution in [3.63, 3.8) is 0 Å². The second-order valence-corrected chi connectivity index (χ2v) is 5.05. The summed E-state index contributed by atoms with van der Waals surface area (Å²) in [7, 11) is 0. The van der Waals surface area contributed by atoms with Crippen molar-refractivity contribution in [2.45, 2.75) is 58.0 Å². The first-order chi connectivity index (χ1) is 7.08. The Kier molecular flexibility index (Phi) is 2.83. The smallest absolute Gasteiger partial charge is 0.0643 e. The van der Waals surface area contributed by atoms with Crippen LogP contribution in [0, 0.1) is 0 Å². The van der Waals surface area contributed by atoms with Gasteiger partial charge in [-0.3, -0.25) is 4.68 Å². The molecule has 1 saturated carbocycles. The lowest BCUT2D eigenvalue weighted by molar-refractivity contribution is 0.503. The van der Waals surface area contributed by atoms with E-state index in [0.29, 0.717) is 6.04 Å². The van der Waals surface area contributed by atoms with Crippen molar-refractivity contribution in [2.24, 2.45) is 5.73 Å². The predicted molar refractivity (Wildman–Crippen MR) is 61.9 cm³/mol. The van der Waals surface area contributed by atoms with Crippen molar-refractivity contribution >= 4 is 0 Å². The minimum atomic E-state index is 0.201. The molecule has 3 nitrogen and oxygen atoms in total. The predicted octanol–water partition coefficient (Wildman–Crippen LogP) is 2.23. The van der Waals surface area contributed by atoms with Gasteiger partial charge in [0.05, 0.1) is 5.69 Å². The van der Waals surface area contributed by atoms with E-state index in [-0.39, 0.29) is 6.04 Å². The lowest BCUT2D eigenvalue weighted by atomic mass is 10.1. The average molecular weight is 207 g/mol. The van der Waals surface area contributed by atoms with Gasteiger partial charge < -0.3 is 5.73 Å². The molecule has 1 atom stereocenters. The van der Waals surface area contributed by atoms with Gasteiger partial charge in [0, 0.05) is 30.1 Å². The molecule has 1 aliphatic carbocycles. The number of rotatable bonds is 4. The van der Waals surface area contributed by atoms with Gasteiger partial charge in [0.15, 0.2) is 0 Å². The fourth-order valence-electron chi connectivity index (χ4n) is 1.99. The van der Waals surface area contributed by atoms with Crippen molar-refractivity contribution in [1.29, 1.82) is 0 Å². The van der Waals surface area contributed by atoms with Crippen molar-refractivity contribution in [2.75, 3.05) is 0 Å². The molecular weight excluding hydrogens is 186 g/mol. The summed E-state index contributed by atoms with van der Waals surface area (Å²) in [4.78, 5) is 0. The maximum absolute atomic E-state index is 5.80. The van der Waals surface area contributed by atoms with Gasteiger partial charge in [0.1, 0.15) is 0 Å². The fraction of sp³-hybridized carbons (Fsp3) is 0.750. The highest BCUT2D eigenvalue weighted by Gasteiger charge is 2.28. The first-order valence-corrected chi connectivity index (χ1v) is 5.92. The lowest BCUT2D eigenvalue weighted by Gasteiger charge is -2.09. The molecule has 0 aliphatic heterocycles. The molecule has 1 unspecified atom stereocenters. The van der Waals surface area contributed by atoms with Crippen molar-refractivity contribution in [3.05, 3.63) is 17.5 Å². The van der Waals surface area contributed by atoms with Gasteiger partial charge in [-0.2, -0.15) is 5.10 Å². The molecule has 1 fully saturated rings. The van der Waals surface area contributed by atoms with Crippen LogP contribution in [0.15, 0.2) is 6.07 Å². The summed E-state index contributed by atoms with van der Waals surface area (Å²) in [5.74, 6) is 0.765. The summed E-state index contributed by atoms with van der Waals surface area (Å²) in [6.07, 6.45) is 3.55. The molecular formula is C12H21N3. The molecule has 3 heteroatoms. The molecule has 0 bridgehead atoms. The van der Waals surface area contributed by atoms with Crippen LogP contribution in [0.5, 0.6) is 0 Å². The van der Waals surface area contributed by atoms with E-state index < -0.39 is 0 Å². The van der Waals surface area contributed by atoms with Gasteiger partial charge in [-0.1, -0.05) is 0 Å². The monoisotopic (exact) mass is 207 g/mol. The van der Waals surface area contributed by atoms with E-state index >= 15 is 0 Å². The van der Waals surface area contributed by atoms with E-state index in [9.17, 15) is 0 Å². The Morgan fingerprint density at radius 3 is 2.60 bits per heavy atom. The number of nitrogens with zero attached hydrogens (tertiary/aromatic N) is 2. The highest BCUT2D eigenvalue weighted by atomic mass is 15.3. The number of hydrogen-bond donors (Lipinski definition) is 1. The quantitative estimate of drug-likeness (QED) is 0.822. The van der Waals surface area contributed by atoms with Crippen LogP contribution < -0.4 is 5.73 Å². The minimum Gasteiger partial charge on any atom is -0.328 e. The molecule has 1 heterocycles. The molecule has 1 aromatic rings. The molecule has 0 amide bonds. The Labute approximate surface area is 91.7 Å². The maximum atomic E-state index is 5.80. The first kappa shape index (κ1) is 10.7. The largest absolute Gasteiger partial charge is 0.328 e. The van der Waals surface area contributed by atoms with Crippen molar-refractivity contribution < 1.29 is 0 Å². The molecule has 84 valence electrons. The van der Waals surface area contributed by atoms with E-state index in [1.54, 1.807) is 0 Å². The highest BCUT2D eigenvalue weighted by molar-refractivity contribution is 5.20. The first-order valence-electron chi connectivity index (χ1n) is 5.92. The second kappa shape index (κ2) is 3.97. The molecule has 2 N–H and O–H groups in total. The zero-order valence-corrected chi connectivity index (χ0v) is 9.90. The molecule has 15 heavy (non-hydrogen) atoms. The standard InChI is InChI=1S/C12H21N3/c1-8(2)15-12(10-4-5-10)7-11(14-15)6-9(3)13/h7-10H,4-6,13H2,1-3H3. The third-order valence-corrected chi connectivity index (χ3v) is 2.83. The Balaban J connectivity index is 2.23. The van der Waals surface area contributed by atoms with Gasteiger partial charge >= 0.3 is 0 Å². The normalized spacial score (nSPS) is 18.5. The van der Waals surface area contributed by atoms with E-state index in [0.717, 1.165) is 18.0 Å². The number of aromatic nitrogens is 2. The molecule has 0 radical (unpaired) electrons. The number of hydrogen-bond acceptors (Lipinski definition) is 2. The molecule has 0 spiro atoms. The Morgan fingerprint density at radius 1 is 1.47 bits per heavy atom. The van der Waals surface area contributed by atoms with Crippen molar-refractivity contribution in [1.82, 2.24) is 9.78 Å². The van der Waals surface area contributed by atoms with E-state index in [2.05, 4.69) is 29.7 Å². The van der Waals surface area contributed by atoms with Crippen LogP contribution in [0.4, 0.5) is 0 Å². The van der Waals surface area contributed by atoms with Crippen LogP contribution in [0.25, 0.3) is 0 Å². The minimum absolute atomic E-state index is 0.201. The summed E-state index contributed by atoms with van der Waals surface area (Å²) in [5, 5.41) is 4.65. The maximum Gasteiger partial charge on any atom is 0.0643 e. The zero-order chi connectivity index (χ0) is 11.0. The van der Waals surface area contributed by atoms with E-state index in [4.69, 9.17) is 5.73 Å². The summed E-state index contributed by atoms with van der Waals surface area (Å²) in [5.41, 5.74) is 8.37. The zero-order valence-electron chi connectivity index (χ0n) is 9.90. The molecule has 1 aromatic heterocycles. The summed E-state index contributed by atoms with van der Waals surface area (Å²) in [6, 6.07) is 2.91. The summed E-state index contributed by atoms with van der Waals surface area (Å²) >= 11 is 0. The van der Waals surface area contributed by atoms with Crippen LogP contribution in [0.2, 0.25) is 0 Å². The van der Waals surface area contributed by atoms with Crippen molar-refractivity contribution in [3.8, 4) is 0 Å². The third kappa shape index (κ3) is 2.40. The topological polar surface area (TPSA) is 43.8 Å². The Hall–Kier alpha value is -0.830. The van der Waals surface area contributed by atoms with Gasteiger partial charge in [-0.15, -0.1) is 0 Å². The summed E-state index contributed by atoms with van der Waals surface area (Å²) in [6.45, 7) is 6.41. The van der Waals surface area contributed by atoms with Gasteiger partial charge in [-0.25, -0.2) is 0 Å². The Bertz CT molecular complexity index is 315. The van der Waals surface area contributed by atoms with E-state index in [1.165, 1.54) is 18.5 Å². The van der Waals surface area contributed by atoms with Crippen LogP contribution in [0.3, 0.4) is 0 Å². The lowest BCUT2D eigenvalue weighted by Crippen LogP contribution is -2.18. The van der Waals surface area contributed by atoms with Gasteiger partial charge in [0.2, 0.25) is 0 Å². The van der Waals surface area contributed by atoms with Gasteiger partial charge in [0.25, 0.3) is 0 Å². The summed E-state index contributed by atoms with van der Waals surface area (Å²) < 4.78 is 2.18. The number of nitrogens with two attached hydrogens (primary N) is 1. The SMILES string of the molecule is CC(N)Cc1cc(C2CC2)n(C(C)C)n1. The van der Waals surface area contributed by atoms with Gasteiger partial charge in [-0.05, 0) is 39.7 Å². The van der Waals surface area contributed by atoms with Crippen LogP contribution in [0.1, 0.15) is 57.0 Å². The average Bonchev–Trinajstić information content (AvgIpc) is 2.87. The van der Waals surface area contributed by atoms with Crippen LogP contribution in [-0.4, -0.2) is 15.8 Å². The van der Waals surface area contributed by atoms with E-state index in [1.807, 2.05) is 6.92 Å². The molecule has 1 aliphatic rings. The third-order valence-electron chi connectivity index (χ3n) is 2.83. The van der Waals surface area contributed by atoms with Crippen LogP contribution in [-0.2, 0) is 6.42 Å². The fourth-order valence-corrected chi connectivity index (χ4v) is 1.99. The molecule has 0 saturated heterocycles. The van der Waals surface area contributed by atoms with Crippen LogP contribution >= 0.6 is 0 Å². The highest BCUT2D eigenvalue weighted by Crippen LogP contribution is 2.41. The molecule has 0 aromatic carbocycles.